The fourth-order valence-electron chi connectivity index (χ4n) is 1.83. The molecule has 1 aliphatic rings. The van der Waals surface area contributed by atoms with Crippen molar-refractivity contribution >= 4 is 18.3 Å². The Balaban J connectivity index is 2.01. The molecule has 0 radical (unpaired) electrons. The highest BCUT2D eigenvalue weighted by Crippen LogP contribution is 2.47. The number of thiol groups is 1. The van der Waals surface area contributed by atoms with Gasteiger partial charge in [-0.15, -0.1) is 0 Å². The van der Waals surface area contributed by atoms with Crippen LogP contribution in [0.15, 0.2) is 24.3 Å². The normalized spacial score (nSPS) is 17.5. The third-order valence-electron chi connectivity index (χ3n) is 3.13. The zero-order valence-electron chi connectivity index (χ0n) is 8.91. The molecule has 0 heterocycles. The molecule has 0 spiro atoms. The van der Waals surface area contributed by atoms with Crippen molar-refractivity contribution in [3.8, 4) is 0 Å². The van der Waals surface area contributed by atoms with Gasteiger partial charge in [0.05, 0.1) is 0 Å². The lowest BCUT2D eigenvalue weighted by atomic mass is 10.1. The number of hydrogen-bond donors (Lipinski definition) is 1. The van der Waals surface area contributed by atoms with E-state index < -0.39 is 0 Å². The Morgan fingerprint density at radius 2 is 1.93 bits per heavy atom. The fourth-order valence-corrected chi connectivity index (χ4v) is 2.25. The standard InChI is InChI=1S/C12H16FNS/c1-14(8-12(9-15)6-7-12)11-4-2-10(13)3-5-11/h2-5,15H,6-9H2,1H3. The zero-order valence-corrected chi connectivity index (χ0v) is 9.80. The van der Waals surface area contributed by atoms with E-state index >= 15 is 0 Å². The Morgan fingerprint density at radius 1 is 1.33 bits per heavy atom. The van der Waals surface area contributed by atoms with Crippen LogP contribution in [0.1, 0.15) is 12.8 Å². The minimum atomic E-state index is -0.178. The summed E-state index contributed by atoms with van der Waals surface area (Å²) in [6.45, 7) is 1.02. The SMILES string of the molecule is CN(CC1(CS)CC1)c1ccc(F)cc1. The van der Waals surface area contributed by atoms with E-state index in [0.29, 0.717) is 5.41 Å². The van der Waals surface area contributed by atoms with Crippen LogP contribution >= 0.6 is 12.6 Å². The van der Waals surface area contributed by atoms with Crippen molar-refractivity contribution in [3.05, 3.63) is 30.1 Å². The van der Waals surface area contributed by atoms with Gasteiger partial charge in [-0.05, 0) is 48.3 Å². The van der Waals surface area contributed by atoms with E-state index in [9.17, 15) is 4.39 Å². The van der Waals surface area contributed by atoms with Gasteiger partial charge in [-0.3, -0.25) is 0 Å². The van der Waals surface area contributed by atoms with Crippen molar-refractivity contribution in [1.82, 2.24) is 0 Å². The summed E-state index contributed by atoms with van der Waals surface area (Å²) in [6, 6.07) is 6.66. The van der Waals surface area contributed by atoms with Gasteiger partial charge in [0.1, 0.15) is 5.82 Å². The van der Waals surface area contributed by atoms with E-state index in [4.69, 9.17) is 0 Å². The predicted molar refractivity (Wildman–Crippen MR) is 65.2 cm³/mol. The molecule has 0 atom stereocenters. The Morgan fingerprint density at radius 3 is 2.40 bits per heavy atom. The Kier molecular flexibility index (Phi) is 2.91. The van der Waals surface area contributed by atoms with E-state index in [1.54, 1.807) is 0 Å². The first-order chi connectivity index (χ1) is 7.15. The molecule has 0 N–H and O–H groups in total. The lowest BCUT2D eigenvalue weighted by Gasteiger charge is -2.24. The molecule has 0 aliphatic heterocycles. The summed E-state index contributed by atoms with van der Waals surface area (Å²) in [4.78, 5) is 2.18. The van der Waals surface area contributed by atoms with Crippen LogP contribution < -0.4 is 4.90 Å². The molecule has 0 saturated heterocycles. The predicted octanol–water partition coefficient (Wildman–Crippen LogP) is 2.97. The first-order valence-electron chi connectivity index (χ1n) is 5.23. The molecule has 2 rings (SSSR count). The lowest BCUT2D eigenvalue weighted by molar-refractivity contribution is 0.580. The van der Waals surface area contributed by atoms with E-state index in [0.717, 1.165) is 18.0 Å². The van der Waals surface area contributed by atoms with Crippen molar-refractivity contribution in [1.29, 1.82) is 0 Å². The summed E-state index contributed by atoms with van der Waals surface area (Å²) in [5.41, 5.74) is 1.48. The van der Waals surface area contributed by atoms with E-state index in [1.165, 1.54) is 25.0 Å². The minimum Gasteiger partial charge on any atom is -0.374 e. The van der Waals surface area contributed by atoms with Gasteiger partial charge in [0.15, 0.2) is 0 Å². The van der Waals surface area contributed by atoms with Gasteiger partial charge in [0.25, 0.3) is 0 Å². The van der Waals surface area contributed by atoms with Crippen LogP contribution in [-0.2, 0) is 0 Å². The fraction of sp³-hybridized carbons (Fsp3) is 0.500. The second-order valence-corrected chi connectivity index (χ2v) is 4.81. The van der Waals surface area contributed by atoms with Gasteiger partial charge < -0.3 is 4.90 Å². The molecule has 82 valence electrons. The number of nitrogens with zero attached hydrogens (tertiary/aromatic N) is 1. The summed E-state index contributed by atoms with van der Waals surface area (Å²) >= 11 is 4.38. The molecule has 1 nitrogen and oxygen atoms in total. The monoisotopic (exact) mass is 225 g/mol. The molecule has 1 aromatic carbocycles. The third-order valence-corrected chi connectivity index (χ3v) is 3.80. The highest BCUT2D eigenvalue weighted by Gasteiger charge is 2.42. The first kappa shape index (κ1) is 10.8. The topological polar surface area (TPSA) is 3.24 Å². The number of hydrogen-bond acceptors (Lipinski definition) is 2. The quantitative estimate of drug-likeness (QED) is 0.771. The Labute approximate surface area is 95.7 Å². The maximum absolute atomic E-state index is 12.7. The average molecular weight is 225 g/mol. The Hall–Kier alpha value is -0.700. The third kappa shape index (κ3) is 2.46. The van der Waals surface area contributed by atoms with Crippen LogP contribution in [-0.4, -0.2) is 19.3 Å². The number of halogens is 1. The van der Waals surface area contributed by atoms with Crippen molar-refractivity contribution in [2.75, 3.05) is 24.2 Å². The van der Waals surface area contributed by atoms with E-state index in [-0.39, 0.29) is 5.82 Å². The average Bonchev–Trinajstić information content (AvgIpc) is 2.99. The van der Waals surface area contributed by atoms with Crippen LogP contribution in [0, 0.1) is 11.2 Å². The summed E-state index contributed by atoms with van der Waals surface area (Å²) in [6.07, 6.45) is 2.53. The second kappa shape index (κ2) is 4.05. The largest absolute Gasteiger partial charge is 0.374 e. The van der Waals surface area contributed by atoms with Crippen LogP contribution in [0.5, 0.6) is 0 Å². The van der Waals surface area contributed by atoms with Gasteiger partial charge in [-0.25, -0.2) is 4.39 Å². The number of anilines is 1. The van der Waals surface area contributed by atoms with Crippen LogP contribution in [0.25, 0.3) is 0 Å². The summed E-state index contributed by atoms with van der Waals surface area (Å²) in [7, 11) is 2.05. The van der Waals surface area contributed by atoms with Gasteiger partial charge in [0.2, 0.25) is 0 Å². The Bertz CT molecular complexity index is 332. The first-order valence-corrected chi connectivity index (χ1v) is 5.86. The van der Waals surface area contributed by atoms with Gasteiger partial charge in [-0.2, -0.15) is 12.6 Å². The number of rotatable bonds is 4. The molecular formula is C12H16FNS. The van der Waals surface area contributed by atoms with Gasteiger partial charge in [-0.1, -0.05) is 0 Å². The molecule has 15 heavy (non-hydrogen) atoms. The molecule has 1 aromatic rings. The summed E-state index contributed by atoms with van der Waals surface area (Å²) in [5.74, 6) is 0.765. The minimum absolute atomic E-state index is 0.178. The van der Waals surface area contributed by atoms with E-state index in [1.807, 2.05) is 12.1 Å². The summed E-state index contributed by atoms with van der Waals surface area (Å²) < 4.78 is 12.7. The smallest absolute Gasteiger partial charge is 0.123 e. The summed E-state index contributed by atoms with van der Waals surface area (Å²) in [5, 5.41) is 0. The molecule has 1 fully saturated rings. The van der Waals surface area contributed by atoms with Gasteiger partial charge >= 0.3 is 0 Å². The van der Waals surface area contributed by atoms with Crippen molar-refractivity contribution in [3.63, 3.8) is 0 Å². The van der Waals surface area contributed by atoms with Crippen LogP contribution in [0.2, 0.25) is 0 Å². The number of benzene rings is 1. The van der Waals surface area contributed by atoms with Crippen molar-refractivity contribution < 1.29 is 4.39 Å². The van der Waals surface area contributed by atoms with Crippen molar-refractivity contribution in [2.45, 2.75) is 12.8 Å². The van der Waals surface area contributed by atoms with Crippen LogP contribution in [0.4, 0.5) is 10.1 Å². The van der Waals surface area contributed by atoms with Gasteiger partial charge in [0, 0.05) is 19.3 Å². The molecule has 0 bridgehead atoms. The maximum atomic E-state index is 12.7. The molecule has 0 amide bonds. The maximum Gasteiger partial charge on any atom is 0.123 e. The molecule has 0 unspecified atom stereocenters. The highest BCUT2D eigenvalue weighted by atomic mass is 32.1. The highest BCUT2D eigenvalue weighted by molar-refractivity contribution is 7.80. The lowest BCUT2D eigenvalue weighted by Crippen LogP contribution is -2.27. The molecule has 0 aromatic heterocycles. The molecule has 3 heteroatoms. The van der Waals surface area contributed by atoms with Crippen LogP contribution in [0.3, 0.4) is 0 Å². The molecule has 1 saturated carbocycles. The van der Waals surface area contributed by atoms with Crippen molar-refractivity contribution in [2.24, 2.45) is 5.41 Å². The second-order valence-electron chi connectivity index (χ2n) is 4.49. The molecule has 1 aliphatic carbocycles. The molecular weight excluding hydrogens is 209 g/mol. The zero-order chi connectivity index (χ0) is 10.9. The van der Waals surface area contributed by atoms with E-state index in [2.05, 4.69) is 24.6 Å².